The van der Waals surface area contributed by atoms with Crippen LogP contribution in [0.1, 0.15) is 5.56 Å². The highest BCUT2D eigenvalue weighted by Crippen LogP contribution is 2.22. The molecule has 0 bridgehead atoms. The number of aromatic hydroxyl groups is 1. The molecule has 0 amide bonds. The van der Waals surface area contributed by atoms with Gasteiger partial charge in [-0.05, 0) is 30.3 Å². The number of phenolic OH excluding ortho intramolecular Hbond substituents is 1. The number of benzene rings is 2. The minimum Gasteiger partial charge on any atom is -0.507 e. The van der Waals surface area contributed by atoms with Gasteiger partial charge in [-0.25, -0.2) is 9.98 Å². The van der Waals surface area contributed by atoms with Crippen LogP contribution in [0.2, 0.25) is 5.02 Å². The lowest BCUT2D eigenvalue weighted by molar-refractivity contribution is 0.474. The SMILES string of the molecule is Cn1c(N=Cc2cc(Cl)ccc2O)nc2ccccc21. The number of phenols is 1. The van der Waals surface area contributed by atoms with Crippen LogP contribution in [0.3, 0.4) is 0 Å². The molecule has 0 spiro atoms. The third-order valence-corrected chi connectivity index (χ3v) is 3.31. The number of aryl methyl sites for hydroxylation is 1. The fraction of sp³-hybridized carbons (Fsp3) is 0.0667. The number of imidazole rings is 1. The summed E-state index contributed by atoms with van der Waals surface area (Å²) in [4.78, 5) is 8.75. The molecule has 0 saturated heterocycles. The van der Waals surface area contributed by atoms with E-state index in [0.29, 0.717) is 16.5 Å². The molecule has 5 heteroatoms. The van der Waals surface area contributed by atoms with Crippen LogP contribution >= 0.6 is 11.6 Å². The monoisotopic (exact) mass is 285 g/mol. The number of hydrogen-bond donors (Lipinski definition) is 1. The second-order valence-corrected chi connectivity index (χ2v) is 4.86. The van der Waals surface area contributed by atoms with Crippen molar-refractivity contribution >= 4 is 34.8 Å². The molecule has 1 N–H and O–H groups in total. The van der Waals surface area contributed by atoms with Crippen LogP contribution in [0.25, 0.3) is 11.0 Å². The van der Waals surface area contributed by atoms with Gasteiger partial charge in [0, 0.05) is 23.8 Å². The third-order valence-electron chi connectivity index (χ3n) is 3.07. The molecule has 3 aromatic rings. The van der Waals surface area contributed by atoms with E-state index < -0.39 is 0 Å². The van der Waals surface area contributed by atoms with E-state index in [1.807, 2.05) is 35.9 Å². The summed E-state index contributed by atoms with van der Waals surface area (Å²) < 4.78 is 1.90. The summed E-state index contributed by atoms with van der Waals surface area (Å²) in [5.41, 5.74) is 2.46. The Hall–Kier alpha value is -2.33. The summed E-state index contributed by atoms with van der Waals surface area (Å²) >= 11 is 5.90. The second kappa shape index (κ2) is 4.98. The minimum atomic E-state index is 0.136. The van der Waals surface area contributed by atoms with Crippen molar-refractivity contribution in [1.29, 1.82) is 0 Å². The van der Waals surface area contributed by atoms with Crippen molar-refractivity contribution < 1.29 is 5.11 Å². The van der Waals surface area contributed by atoms with Gasteiger partial charge in [0.25, 0.3) is 0 Å². The van der Waals surface area contributed by atoms with Crippen molar-refractivity contribution in [3.05, 3.63) is 53.1 Å². The smallest absolute Gasteiger partial charge is 0.230 e. The van der Waals surface area contributed by atoms with Crippen molar-refractivity contribution in [2.45, 2.75) is 0 Å². The van der Waals surface area contributed by atoms with Crippen LogP contribution in [0, 0.1) is 0 Å². The first-order valence-corrected chi connectivity index (χ1v) is 6.47. The lowest BCUT2D eigenvalue weighted by Gasteiger charge is -1.99. The molecule has 0 aliphatic rings. The Morgan fingerprint density at radius 3 is 2.85 bits per heavy atom. The quantitative estimate of drug-likeness (QED) is 0.730. The van der Waals surface area contributed by atoms with Gasteiger partial charge in [0.1, 0.15) is 5.75 Å². The van der Waals surface area contributed by atoms with Gasteiger partial charge in [0.05, 0.1) is 11.0 Å². The van der Waals surface area contributed by atoms with Crippen molar-refractivity contribution in [3.8, 4) is 5.75 Å². The van der Waals surface area contributed by atoms with Gasteiger partial charge in [-0.1, -0.05) is 23.7 Å². The zero-order chi connectivity index (χ0) is 14.1. The topological polar surface area (TPSA) is 50.4 Å². The summed E-state index contributed by atoms with van der Waals surface area (Å²) in [6, 6.07) is 12.6. The molecule has 1 heterocycles. The van der Waals surface area contributed by atoms with Crippen molar-refractivity contribution in [3.63, 3.8) is 0 Å². The number of rotatable bonds is 2. The number of nitrogens with zero attached hydrogens (tertiary/aromatic N) is 3. The Balaban J connectivity index is 2.02. The average Bonchev–Trinajstić information content (AvgIpc) is 2.77. The van der Waals surface area contributed by atoms with Gasteiger partial charge in [-0.15, -0.1) is 0 Å². The lowest BCUT2D eigenvalue weighted by Crippen LogP contribution is -1.88. The Kier molecular flexibility index (Phi) is 3.16. The van der Waals surface area contributed by atoms with E-state index in [1.165, 1.54) is 0 Å². The standard InChI is InChI=1S/C15H12ClN3O/c1-19-13-5-3-2-4-12(13)18-15(19)17-9-10-8-11(16)6-7-14(10)20/h2-9,20H,1H3. The predicted octanol–water partition coefficient (Wildman–Crippen LogP) is 3.68. The highest BCUT2D eigenvalue weighted by molar-refractivity contribution is 6.30. The Labute approximate surface area is 121 Å². The maximum absolute atomic E-state index is 9.74. The summed E-state index contributed by atoms with van der Waals surface area (Å²) in [6.45, 7) is 0. The third kappa shape index (κ3) is 2.26. The van der Waals surface area contributed by atoms with Crippen LogP contribution in [-0.2, 0) is 7.05 Å². The van der Waals surface area contributed by atoms with Crippen molar-refractivity contribution in [2.75, 3.05) is 0 Å². The first-order valence-electron chi connectivity index (χ1n) is 6.09. The van der Waals surface area contributed by atoms with Crippen LogP contribution in [0.5, 0.6) is 5.75 Å². The molecule has 2 aromatic carbocycles. The van der Waals surface area contributed by atoms with Crippen LogP contribution < -0.4 is 0 Å². The number of aromatic nitrogens is 2. The number of fused-ring (bicyclic) bond motifs is 1. The van der Waals surface area contributed by atoms with E-state index in [1.54, 1.807) is 24.4 Å². The number of hydrogen-bond acceptors (Lipinski definition) is 3. The van der Waals surface area contributed by atoms with Gasteiger partial charge < -0.3 is 9.67 Å². The molecular formula is C15H12ClN3O. The maximum Gasteiger partial charge on any atom is 0.230 e. The molecule has 1 aromatic heterocycles. The summed E-state index contributed by atoms with van der Waals surface area (Å²) in [5, 5.41) is 10.3. The van der Waals surface area contributed by atoms with E-state index in [2.05, 4.69) is 9.98 Å². The summed E-state index contributed by atoms with van der Waals surface area (Å²) in [5.74, 6) is 0.711. The van der Waals surface area contributed by atoms with Gasteiger partial charge in [0.2, 0.25) is 5.95 Å². The molecule has 0 aliphatic heterocycles. The average molecular weight is 286 g/mol. The van der Waals surface area contributed by atoms with Crippen molar-refractivity contribution in [1.82, 2.24) is 9.55 Å². The number of halogens is 1. The number of para-hydroxylation sites is 2. The molecule has 0 radical (unpaired) electrons. The molecular weight excluding hydrogens is 274 g/mol. The van der Waals surface area contributed by atoms with Crippen LogP contribution in [0.4, 0.5) is 5.95 Å². The van der Waals surface area contributed by atoms with E-state index >= 15 is 0 Å². The van der Waals surface area contributed by atoms with Gasteiger partial charge in [0.15, 0.2) is 0 Å². The lowest BCUT2D eigenvalue weighted by atomic mass is 10.2. The van der Waals surface area contributed by atoms with Crippen LogP contribution in [-0.4, -0.2) is 20.9 Å². The van der Waals surface area contributed by atoms with Gasteiger partial charge in [-0.2, -0.15) is 0 Å². The molecule has 20 heavy (non-hydrogen) atoms. The molecule has 0 saturated carbocycles. The van der Waals surface area contributed by atoms with Gasteiger partial charge in [-0.3, -0.25) is 0 Å². The Bertz CT molecular complexity index is 808. The summed E-state index contributed by atoms with van der Waals surface area (Å²) in [7, 11) is 1.90. The zero-order valence-corrected chi connectivity index (χ0v) is 11.5. The predicted molar refractivity (Wildman–Crippen MR) is 81.1 cm³/mol. The Morgan fingerprint density at radius 1 is 1.25 bits per heavy atom. The minimum absolute atomic E-state index is 0.136. The first kappa shape index (κ1) is 12.7. The van der Waals surface area contributed by atoms with Crippen molar-refractivity contribution in [2.24, 2.45) is 12.0 Å². The molecule has 0 aliphatic carbocycles. The molecule has 4 nitrogen and oxygen atoms in total. The molecule has 0 atom stereocenters. The fourth-order valence-corrected chi connectivity index (χ4v) is 2.18. The van der Waals surface area contributed by atoms with E-state index in [9.17, 15) is 5.11 Å². The summed E-state index contributed by atoms with van der Waals surface area (Å²) in [6.07, 6.45) is 1.56. The maximum atomic E-state index is 9.74. The van der Waals surface area contributed by atoms with E-state index in [4.69, 9.17) is 11.6 Å². The Morgan fingerprint density at radius 2 is 2.05 bits per heavy atom. The van der Waals surface area contributed by atoms with E-state index in [-0.39, 0.29) is 5.75 Å². The highest BCUT2D eigenvalue weighted by atomic mass is 35.5. The molecule has 0 unspecified atom stereocenters. The van der Waals surface area contributed by atoms with Crippen LogP contribution in [0.15, 0.2) is 47.5 Å². The molecule has 3 rings (SSSR count). The zero-order valence-electron chi connectivity index (χ0n) is 10.8. The fourth-order valence-electron chi connectivity index (χ4n) is 2.00. The highest BCUT2D eigenvalue weighted by Gasteiger charge is 2.05. The molecule has 0 fully saturated rings. The number of aliphatic imine (C=N–C) groups is 1. The molecule has 100 valence electrons. The van der Waals surface area contributed by atoms with E-state index in [0.717, 1.165) is 11.0 Å². The first-order chi connectivity index (χ1) is 9.65. The largest absolute Gasteiger partial charge is 0.507 e. The van der Waals surface area contributed by atoms with Gasteiger partial charge >= 0.3 is 0 Å². The second-order valence-electron chi connectivity index (χ2n) is 4.42. The normalized spacial score (nSPS) is 11.5.